The van der Waals surface area contributed by atoms with Gasteiger partial charge in [-0.1, -0.05) is 40.5 Å². The molecule has 1 N–H and O–H groups in total. The van der Waals surface area contributed by atoms with Crippen LogP contribution in [-0.4, -0.2) is 6.54 Å². The fraction of sp³-hybridized carbons (Fsp3) is 0.231. The van der Waals surface area contributed by atoms with Gasteiger partial charge in [-0.05, 0) is 67.7 Å². The van der Waals surface area contributed by atoms with Crippen LogP contribution in [0.2, 0.25) is 5.02 Å². The van der Waals surface area contributed by atoms with E-state index in [1.54, 1.807) is 11.3 Å². The molecule has 0 fully saturated rings. The fourth-order valence-corrected chi connectivity index (χ4v) is 5.69. The van der Waals surface area contributed by atoms with E-state index in [1.165, 1.54) is 11.1 Å². The normalized spacial score (nSPS) is 12.7. The fourth-order valence-electron chi connectivity index (χ4n) is 1.88. The molecule has 2 rings (SSSR count). The molecule has 0 bridgehead atoms. The lowest BCUT2D eigenvalue weighted by atomic mass is 10.0. The third kappa shape index (κ3) is 3.83. The average Bonchev–Trinajstić information content (AvgIpc) is 2.66. The van der Waals surface area contributed by atoms with Crippen molar-refractivity contribution in [1.29, 1.82) is 0 Å². The van der Waals surface area contributed by atoms with Crippen LogP contribution in [0.4, 0.5) is 0 Å². The lowest BCUT2D eigenvalue weighted by molar-refractivity contribution is 0.628. The standard InChI is InChI=1S/C13H11Br3ClNS/c1-2-18-12(9-6-11(15)19-13(9)16)8-4-3-7(17)5-10(8)14/h3-6,12,18H,2H2,1H3. The molecule has 0 saturated heterocycles. The van der Waals surface area contributed by atoms with E-state index in [4.69, 9.17) is 11.6 Å². The summed E-state index contributed by atoms with van der Waals surface area (Å²) in [4.78, 5) is 0. The third-order valence-electron chi connectivity index (χ3n) is 2.68. The largest absolute Gasteiger partial charge is 0.306 e. The summed E-state index contributed by atoms with van der Waals surface area (Å²) in [5, 5.41) is 4.25. The number of halogens is 4. The van der Waals surface area contributed by atoms with Gasteiger partial charge in [0.25, 0.3) is 0 Å². The monoisotopic (exact) mass is 485 g/mol. The van der Waals surface area contributed by atoms with Gasteiger partial charge in [0, 0.05) is 9.50 Å². The first-order valence-corrected chi connectivity index (χ1v) is 9.23. The molecule has 1 heterocycles. The van der Waals surface area contributed by atoms with Crippen LogP contribution in [0.15, 0.2) is 36.3 Å². The first-order chi connectivity index (χ1) is 9.02. The van der Waals surface area contributed by atoms with E-state index in [0.717, 1.165) is 23.6 Å². The van der Waals surface area contributed by atoms with Crippen LogP contribution in [0, 0.1) is 0 Å². The smallest absolute Gasteiger partial charge is 0.0761 e. The molecule has 1 unspecified atom stereocenters. The van der Waals surface area contributed by atoms with Gasteiger partial charge in [0.2, 0.25) is 0 Å². The van der Waals surface area contributed by atoms with Gasteiger partial charge < -0.3 is 5.32 Å². The van der Waals surface area contributed by atoms with E-state index in [1.807, 2.05) is 12.1 Å². The first-order valence-electron chi connectivity index (χ1n) is 5.66. The molecule has 1 aromatic carbocycles. The second-order valence-electron chi connectivity index (χ2n) is 3.94. The molecule has 0 saturated carbocycles. The summed E-state index contributed by atoms with van der Waals surface area (Å²) in [5.74, 6) is 0. The van der Waals surface area contributed by atoms with E-state index in [0.29, 0.717) is 0 Å². The molecule has 0 aliphatic heterocycles. The highest BCUT2D eigenvalue weighted by atomic mass is 79.9. The Morgan fingerprint density at radius 1 is 1.21 bits per heavy atom. The number of nitrogens with one attached hydrogen (secondary N) is 1. The van der Waals surface area contributed by atoms with E-state index in [-0.39, 0.29) is 6.04 Å². The summed E-state index contributed by atoms with van der Waals surface area (Å²) in [5.41, 5.74) is 2.40. The summed E-state index contributed by atoms with van der Waals surface area (Å²) in [6, 6.07) is 8.17. The highest BCUT2D eigenvalue weighted by Gasteiger charge is 2.20. The first kappa shape index (κ1) is 16.0. The Labute approximate surface area is 147 Å². The number of benzene rings is 1. The quantitative estimate of drug-likeness (QED) is 0.526. The van der Waals surface area contributed by atoms with Crippen molar-refractivity contribution in [3.05, 3.63) is 52.5 Å². The lowest BCUT2D eigenvalue weighted by Gasteiger charge is -2.19. The molecule has 0 amide bonds. The minimum absolute atomic E-state index is 0.133. The maximum absolute atomic E-state index is 6.01. The Hall–Kier alpha value is 0.610. The van der Waals surface area contributed by atoms with E-state index < -0.39 is 0 Å². The van der Waals surface area contributed by atoms with Crippen LogP contribution in [0.1, 0.15) is 24.1 Å². The number of hydrogen-bond donors (Lipinski definition) is 1. The second-order valence-corrected chi connectivity index (χ2v) is 8.98. The topological polar surface area (TPSA) is 12.0 Å². The van der Waals surface area contributed by atoms with E-state index in [9.17, 15) is 0 Å². The molecule has 19 heavy (non-hydrogen) atoms. The van der Waals surface area contributed by atoms with Crippen molar-refractivity contribution in [2.75, 3.05) is 6.54 Å². The molecule has 0 spiro atoms. The predicted molar refractivity (Wildman–Crippen MR) is 94.4 cm³/mol. The van der Waals surface area contributed by atoms with Crippen LogP contribution in [0.25, 0.3) is 0 Å². The van der Waals surface area contributed by atoms with Crippen LogP contribution >= 0.6 is 70.7 Å². The predicted octanol–water partition coefficient (Wildman–Crippen LogP) is 6.39. The average molecular weight is 488 g/mol. The van der Waals surface area contributed by atoms with Crippen molar-refractivity contribution in [3.63, 3.8) is 0 Å². The molecule has 1 atom stereocenters. The Kier molecular flexibility index (Phi) is 5.93. The van der Waals surface area contributed by atoms with Crippen molar-refractivity contribution >= 4 is 70.7 Å². The van der Waals surface area contributed by atoms with Gasteiger partial charge in [-0.25, -0.2) is 0 Å². The third-order valence-corrected chi connectivity index (χ3v) is 5.98. The maximum Gasteiger partial charge on any atom is 0.0761 e. The zero-order chi connectivity index (χ0) is 14.0. The highest BCUT2D eigenvalue weighted by molar-refractivity contribution is 9.12. The lowest BCUT2D eigenvalue weighted by Crippen LogP contribution is -2.22. The number of thiophene rings is 1. The van der Waals surface area contributed by atoms with Crippen LogP contribution < -0.4 is 5.32 Å². The van der Waals surface area contributed by atoms with Crippen LogP contribution in [0.5, 0.6) is 0 Å². The molecule has 0 aliphatic carbocycles. The number of hydrogen-bond acceptors (Lipinski definition) is 2. The Balaban J connectivity index is 2.48. The Bertz CT molecular complexity index is 585. The zero-order valence-corrected chi connectivity index (χ0v) is 16.3. The van der Waals surface area contributed by atoms with Gasteiger partial charge in [-0.3, -0.25) is 0 Å². The van der Waals surface area contributed by atoms with Crippen molar-refractivity contribution in [2.45, 2.75) is 13.0 Å². The summed E-state index contributed by atoms with van der Waals surface area (Å²) < 4.78 is 3.26. The molecule has 2 aromatic rings. The van der Waals surface area contributed by atoms with Crippen molar-refractivity contribution < 1.29 is 0 Å². The van der Waals surface area contributed by atoms with Crippen molar-refractivity contribution in [1.82, 2.24) is 5.32 Å². The summed E-state index contributed by atoms with van der Waals surface area (Å²) in [6.07, 6.45) is 0. The van der Waals surface area contributed by atoms with Gasteiger partial charge in [0.1, 0.15) is 0 Å². The molecule has 102 valence electrons. The van der Waals surface area contributed by atoms with Gasteiger partial charge in [0.05, 0.1) is 13.6 Å². The molecular weight excluding hydrogens is 477 g/mol. The highest BCUT2D eigenvalue weighted by Crippen LogP contribution is 2.39. The SMILES string of the molecule is CCNC(c1ccc(Cl)cc1Br)c1cc(Br)sc1Br. The molecule has 0 aliphatic rings. The summed E-state index contributed by atoms with van der Waals surface area (Å²) in [6.45, 7) is 2.99. The Morgan fingerprint density at radius 3 is 2.47 bits per heavy atom. The molecule has 1 aromatic heterocycles. The zero-order valence-electron chi connectivity index (χ0n) is 10.0. The molecule has 1 nitrogen and oxygen atoms in total. The molecular formula is C13H11Br3ClNS. The maximum atomic E-state index is 6.01. The van der Waals surface area contributed by atoms with Gasteiger partial charge in [0.15, 0.2) is 0 Å². The Morgan fingerprint density at radius 2 is 1.95 bits per heavy atom. The molecule has 0 radical (unpaired) electrons. The number of rotatable bonds is 4. The minimum Gasteiger partial charge on any atom is -0.306 e. The minimum atomic E-state index is 0.133. The van der Waals surface area contributed by atoms with Gasteiger partial charge in [-0.15, -0.1) is 11.3 Å². The van der Waals surface area contributed by atoms with E-state index in [2.05, 4.69) is 72.2 Å². The van der Waals surface area contributed by atoms with Crippen LogP contribution in [0.3, 0.4) is 0 Å². The van der Waals surface area contributed by atoms with Crippen molar-refractivity contribution in [2.24, 2.45) is 0 Å². The van der Waals surface area contributed by atoms with Gasteiger partial charge >= 0.3 is 0 Å². The summed E-state index contributed by atoms with van der Waals surface area (Å²) >= 11 is 18.5. The van der Waals surface area contributed by atoms with Crippen LogP contribution in [-0.2, 0) is 0 Å². The van der Waals surface area contributed by atoms with Gasteiger partial charge in [-0.2, -0.15) is 0 Å². The second kappa shape index (κ2) is 7.05. The van der Waals surface area contributed by atoms with Crippen molar-refractivity contribution in [3.8, 4) is 0 Å². The van der Waals surface area contributed by atoms with E-state index >= 15 is 0 Å². The summed E-state index contributed by atoms with van der Waals surface area (Å²) in [7, 11) is 0. The molecule has 6 heteroatoms.